The fourth-order valence-electron chi connectivity index (χ4n) is 4.54. The van der Waals surface area contributed by atoms with Crippen molar-refractivity contribution in [3.63, 3.8) is 0 Å². The summed E-state index contributed by atoms with van der Waals surface area (Å²) in [6, 6.07) is 8.36. The number of anilines is 1. The number of hydrogen-bond donors (Lipinski definition) is 1. The first-order valence-electron chi connectivity index (χ1n) is 9.82. The third-order valence-corrected chi connectivity index (χ3v) is 6.42. The Morgan fingerprint density at radius 2 is 1.86 bits per heavy atom. The largest absolute Gasteiger partial charge is 0.369 e. The third-order valence-electron chi connectivity index (χ3n) is 6.15. The number of pyridine rings is 1. The summed E-state index contributed by atoms with van der Waals surface area (Å²) in [5, 5.41) is 7.85. The molecule has 7 heteroatoms. The fraction of sp³-hybridized carbons (Fsp3) is 0.318. The molecule has 5 rings (SSSR count). The molecule has 0 radical (unpaired) electrons. The number of nitrogens with one attached hydrogen (secondary N) is 1. The summed E-state index contributed by atoms with van der Waals surface area (Å²) in [5.74, 6) is 0.174. The van der Waals surface area contributed by atoms with E-state index in [4.69, 9.17) is 11.6 Å². The van der Waals surface area contributed by atoms with Crippen LogP contribution in [-0.2, 0) is 11.8 Å². The second kappa shape index (κ2) is 6.88. The molecule has 1 amide bonds. The molecule has 2 aliphatic rings. The van der Waals surface area contributed by atoms with Crippen LogP contribution in [0.5, 0.6) is 0 Å². The lowest BCUT2D eigenvalue weighted by molar-refractivity contribution is -0.126. The summed E-state index contributed by atoms with van der Waals surface area (Å²) in [7, 11) is 1.91. The number of aromatic nitrogens is 3. The van der Waals surface area contributed by atoms with E-state index >= 15 is 0 Å². The predicted molar refractivity (Wildman–Crippen MR) is 114 cm³/mol. The SMILES string of the molecule is Cn1cc(-c2ccc(-c3cncc(Cl)c3N3CCC4(CCNC4=O)C3)cc2)cn1. The molecule has 1 N–H and O–H groups in total. The molecule has 1 spiro atoms. The molecule has 2 aromatic heterocycles. The van der Waals surface area contributed by atoms with Gasteiger partial charge in [-0.3, -0.25) is 14.5 Å². The fourth-order valence-corrected chi connectivity index (χ4v) is 4.82. The molecule has 0 aliphatic carbocycles. The van der Waals surface area contributed by atoms with Gasteiger partial charge in [-0.15, -0.1) is 0 Å². The normalized spacial score (nSPS) is 21.2. The van der Waals surface area contributed by atoms with Crippen molar-refractivity contribution < 1.29 is 4.79 Å². The van der Waals surface area contributed by atoms with E-state index in [1.165, 1.54) is 0 Å². The Kier molecular flexibility index (Phi) is 4.32. The standard InChI is InChI=1S/C22H22ClN5O/c1-27-13-17(10-26-27)15-2-4-16(5-3-15)18-11-24-12-19(23)20(18)28-9-7-22(14-28)6-8-25-21(22)29/h2-5,10-13H,6-9,14H2,1H3,(H,25,29). The number of amides is 1. The van der Waals surface area contributed by atoms with Crippen LogP contribution < -0.4 is 10.2 Å². The molecule has 1 aromatic carbocycles. The van der Waals surface area contributed by atoms with Crippen LogP contribution in [0.2, 0.25) is 5.02 Å². The monoisotopic (exact) mass is 407 g/mol. The minimum atomic E-state index is -0.284. The number of carbonyl (C=O) groups is 1. The van der Waals surface area contributed by atoms with Gasteiger partial charge in [0, 0.05) is 56.4 Å². The number of halogens is 1. The Hall–Kier alpha value is -2.86. The van der Waals surface area contributed by atoms with Gasteiger partial charge in [0.05, 0.1) is 22.3 Å². The Labute approximate surface area is 174 Å². The number of carbonyl (C=O) groups excluding carboxylic acids is 1. The summed E-state index contributed by atoms with van der Waals surface area (Å²) in [4.78, 5) is 19.0. The number of nitrogens with zero attached hydrogens (tertiary/aromatic N) is 4. The van der Waals surface area contributed by atoms with Crippen LogP contribution >= 0.6 is 11.6 Å². The maximum atomic E-state index is 12.4. The van der Waals surface area contributed by atoms with E-state index in [9.17, 15) is 4.79 Å². The van der Waals surface area contributed by atoms with Gasteiger partial charge in [-0.1, -0.05) is 35.9 Å². The van der Waals surface area contributed by atoms with Crippen molar-refractivity contribution in [1.29, 1.82) is 0 Å². The van der Waals surface area contributed by atoms with Crippen molar-refractivity contribution in [2.24, 2.45) is 12.5 Å². The summed E-state index contributed by atoms with van der Waals surface area (Å²) in [6.07, 6.45) is 9.15. The molecule has 2 aliphatic heterocycles. The highest BCUT2D eigenvalue weighted by Crippen LogP contribution is 2.44. The van der Waals surface area contributed by atoms with Gasteiger partial charge in [0.15, 0.2) is 0 Å². The molecule has 0 bridgehead atoms. The van der Waals surface area contributed by atoms with E-state index in [0.717, 1.165) is 53.9 Å². The average molecular weight is 408 g/mol. The van der Waals surface area contributed by atoms with Crippen LogP contribution in [0.15, 0.2) is 49.1 Å². The van der Waals surface area contributed by atoms with Crippen LogP contribution in [0.25, 0.3) is 22.3 Å². The van der Waals surface area contributed by atoms with Crippen molar-refractivity contribution in [2.45, 2.75) is 12.8 Å². The van der Waals surface area contributed by atoms with Crippen molar-refractivity contribution in [3.05, 3.63) is 54.1 Å². The van der Waals surface area contributed by atoms with Crippen LogP contribution in [0.4, 0.5) is 5.69 Å². The summed E-state index contributed by atoms with van der Waals surface area (Å²) in [5.41, 5.74) is 4.92. The van der Waals surface area contributed by atoms with Gasteiger partial charge in [0.1, 0.15) is 0 Å². The topological polar surface area (TPSA) is 63.1 Å². The minimum absolute atomic E-state index is 0.174. The first kappa shape index (κ1) is 18.2. The zero-order valence-corrected chi connectivity index (χ0v) is 17.0. The van der Waals surface area contributed by atoms with E-state index < -0.39 is 0 Å². The lowest BCUT2D eigenvalue weighted by Crippen LogP contribution is -2.34. The second-order valence-electron chi connectivity index (χ2n) is 7.96. The highest BCUT2D eigenvalue weighted by atomic mass is 35.5. The predicted octanol–water partition coefficient (Wildman–Crippen LogP) is 3.52. The van der Waals surface area contributed by atoms with Crippen molar-refractivity contribution >= 4 is 23.2 Å². The van der Waals surface area contributed by atoms with Gasteiger partial charge >= 0.3 is 0 Å². The average Bonchev–Trinajstić information content (AvgIpc) is 3.44. The number of benzene rings is 1. The number of hydrogen-bond acceptors (Lipinski definition) is 4. The molecule has 0 saturated carbocycles. The third kappa shape index (κ3) is 3.08. The quantitative estimate of drug-likeness (QED) is 0.721. The molecule has 3 aromatic rings. The van der Waals surface area contributed by atoms with Gasteiger partial charge in [-0.2, -0.15) is 5.10 Å². The Morgan fingerprint density at radius 1 is 1.07 bits per heavy atom. The minimum Gasteiger partial charge on any atom is -0.369 e. The molecule has 2 fully saturated rings. The first-order valence-corrected chi connectivity index (χ1v) is 10.2. The van der Waals surface area contributed by atoms with E-state index in [2.05, 4.69) is 44.6 Å². The van der Waals surface area contributed by atoms with Gasteiger partial charge in [0.25, 0.3) is 0 Å². The molecule has 6 nitrogen and oxygen atoms in total. The highest BCUT2D eigenvalue weighted by molar-refractivity contribution is 6.33. The Morgan fingerprint density at radius 3 is 2.55 bits per heavy atom. The number of aryl methyl sites for hydroxylation is 1. The molecular formula is C22H22ClN5O. The van der Waals surface area contributed by atoms with Crippen LogP contribution in [0, 0.1) is 5.41 Å². The molecule has 1 atom stereocenters. The van der Waals surface area contributed by atoms with E-state index in [1.54, 1.807) is 10.9 Å². The number of rotatable bonds is 3. The molecule has 148 valence electrons. The van der Waals surface area contributed by atoms with Gasteiger partial charge in [-0.25, -0.2) is 0 Å². The Bertz CT molecular complexity index is 1080. The van der Waals surface area contributed by atoms with Gasteiger partial charge in [-0.05, 0) is 24.0 Å². The smallest absolute Gasteiger partial charge is 0.228 e. The molecule has 1 unspecified atom stereocenters. The summed E-state index contributed by atoms with van der Waals surface area (Å²) in [6.45, 7) is 2.28. The molecular weight excluding hydrogens is 386 g/mol. The van der Waals surface area contributed by atoms with Crippen LogP contribution in [0.1, 0.15) is 12.8 Å². The lowest BCUT2D eigenvalue weighted by atomic mass is 9.86. The summed E-state index contributed by atoms with van der Waals surface area (Å²) < 4.78 is 1.80. The van der Waals surface area contributed by atoms with E-state index in [-0.39, 0.29) is 11.3 Å². The second-order valence-corrected chi connectivity index (χ2v) is 8.36. The van der Waals surface area contributed by atoms with E-state index in [1.807, 2.05) is 25.6 Å². The molecule has 2 saturated heterocycles. The van der Waals surface area contributed by atoms with E-state index in [0.29, 0.717) is 11.6 Å². The van der Waals surface area contributed by atoms with Crippen molar-refractivity contribution in [3.8, 4) is 22.3 Å². The molecule has 29 heavy (non-hydrogen) atoms. The lowest BCUT2D eigenvalue weighted by Gasteiger charge is -2.25. The van der Waals surface area contributed by atoms with Gasteiger partial charge in [0.2, 0.25) is 5.91 Å². The van der Waals surface area contributed by atoms with Crippen molar-refractivity contribution in [2.75, 3.05) is 24.5 Å². The van der Waals surface area contributed by atoms with Crippen LogP contribution in [0.3, 0.4) is 0 Å². The first-order chi connectivity index (χ1) is 14.1. The summed E-state index contributed by atoms with van der Waals surface area (Å²) >= 11 is 6.61. The van der Waals surface area contributed by atoms with Gasteiger partial charge < -0.3 is 10.2 Å². The Balaban J connectivity index is 1.49. The maximum absolute atomic E-state index is 12.4. The zero-order valence-electron chi connectivity index (χ0n) is 16.2. The van der Waals surface area contributed by atoms with Crippen molar-refractivity contribution in [1.82, 2.24) is 20.1 Å². The highest BCUT2D eigenvalue weighted by Gasteiger charge is 2.48. The van der Waals surface area contributed by atoms with Crippen LogP contribution in [-0.4, -0.2) is 40.3 Å². The zero-order chi connectivity index (χ0) is 20.0. The molecule has 4 heterocycles. The maximum Gasteiger partial charge on any atom is 0.228 e.